The van der Waals surface area contributed by atoms with Crippen molar-refractivity contribution in [2.45, 2.75) is 20.0 Å². The molecule has 0 radical (unpaired) electrons. The summed E-state index contributed by atoms with van der Waals surface area (Å²) in [4.78, 5) is 28.0. The van der Waals surface area contributed by atoms with E-state index in [1.165, 1.54) is 10.4 Å². The average molecular weight is 362 g/mol. The van der Waals surface area contributed by atoms with Crippen LogP contribution in [0.25, 0.3) is 10.2 Å². The van der Waals surface area contributed by atoms with Crippen molar-refractivity contribution < 1.29 is 14.3 Å². The molecule has 0 saturated carbocycles. The number of carbonyl (C=O) groups is 1. The number of amides is 1. The monoisotopic (exact) mass is 362 g/mol. The first-order valence-corrected chi connectivity index (χ1v) is 9.40. The molecule has 0 N–H and O–H groups in total. The van der Waals surface area contributed by atoms with Gasteiger partial charge in [0.15, 0.2) is 6.10 Å². The second-order valence-corrected chi connectivity index (χ2v) is 7.61. The van der Waals surface area contributed by atoms with Gasteiger partial charge in [-0.25, -0.2) is 9.97 Å². The summed E-state index contributed by atoms with van der Waals surface area (Å²) in [5.74, 6) is 0.964. The van der Waals surface area contributed by atoms with Gasteiger partial charge < -0.3 is 19.3 Å². The molecule has 2 aliphatic heterocycles. The molecule has 0 aromatic carbocycles. The molecule has 2 saturated heterocycles. The smallest absolute Gasteiger partial charge is 0.253 e. The minimum Gasteiger partial charge on any atom is -0.378 e. The predicted molar refractivity (Wildman–Crippen MR) is 96.2 cm³/mol. The van der Waals surface area contributed by atoms with Crippen LogP contribution in [0.4, 0.5) is 5.82 Å². The molecular weight excluding hydrogens is 340 g/mol. The molecule has 0 aliphatic carbocycles. The van der Waals surface area contributed by atoms with Crippen LogP contribution in [0.3, 0.4) is 0 Å². The van der Waals surface area contributed by atoms with Crippen LogP contribution in [-0.2, 0) is 14.3 Å². The third-order valence-electron chi connectivity index (χ3n) is 4.91. The first-order chi connectivity index (χ1) is 12.1. The molecule has 0 spiro atoms. The van der Waals surface area contributed by atoms with Crippen LogP contribution >= 0.6 is 11.3 Å². The van der Waals surface area contributed by atoms with E-state index in [9.17, 15) is 4.79 Å². The van der Waals surface area contributed by atoms with E-state index < -0.39 is 6.10 Å². The Balaban J connectivity index is 1.58. The number of hydrogen-bond acceptors (Lipinski definition) is 7. The zero-order valence-corrected chi connectivity index (χ0v) is 15.3. The number of fused-ring (bicyclic) bond motifs is 1. The fraction of sp³-hybridized carbons (Fsp3) is 0.588. The third kappa shape index (κ3) is 3.09. The van der Waals surface area contributed by atoms with Gasteiger partial charge in [0, 0.05) is 24.5 Å². The Morgan fingerprint density at radius 2 is 2.00 bits per heavy atom. The molecular formula is C17H22N4O3S. The van der Waals surface area contributed by atoms with Crippen LogP contribution < -0.4 is 4.90 Å². The van der Waals surface area contributed by atoms with Crippen LogP contribution in [0.2, 0.25) is 0 Å². The number of thiophene rings is 1. The molecule has 4 heterocycles. The van der Waals surface area contributed by atoms with Crippen molar-refractivity contribution >= 4 is 33.3 Å². The molecule has 1 unspecified atom stereocenters. The Labute approximate surface area is 150 Å². The fourth-order valence-electron chi connectivity index (χ4n) is 3.38. The molecule has 25 heavy (non-hydrogen) atoms. The van der Waals surface area contributed by atoms with Crippen molar-refractivity contribution in [1.82, 2.24) is 14.9 Å². The van der Waals surface area contributed by atoms with E-state index in [4.69, 9.17) is 9.47 Å². The Hall–Kier alpha value is -1.77. The van der Waals surface area contributed by atoms with Gasteiger partial charge in [-0.2, -0.15) is 0 Å². The van der Waals surface area contributed by atoms with Gasteiger partial charge in [-0.15, -0.1) is 11.3 Å². The molecule has 2 aromatic heterocycles. The second kappa shape index (κ2) is 6.86. The average Bonchev–Trinajstić information content (AvgIpc) is 2.96. The summed E-state index contributed by atoms with van der Waals surface area (Å²) in [7, 11) is 0. The lowest BCUT2D eigenvalue weighted by molar-refractivity contribution is -0.148. The summed E-state index contributed by atoms with van der Waals surface area (Å²) in [5, 5.41) is 1.10. The van der Waals surface area contributed by atoms with Crippen LogP contribution in [-0.4, -0.2) is 72.9 Å². The molecule has 2 aromatic rings. The number of morpholine rings is 2. The summed E-state index contributed by atoms with van der Waals surface area (Å²) < 4.78 is 11.1. The van der Waals surface area contributed by atoms with Gasteiger partial charge in [0.1, 0.15) is 17.0 Å². The Bertz CT molecular complexity index is 788. The first-order valence-electron chi connectivity index (χ1n) is 8.59. The predicted octanol–water partition coefficient (Wildman–Crippen LogP) is 1.37. The first kappa shape index (κ1) is 16.7. The van der Waals surface area contributed by atoms with Crippen LogP contribution in [0.15, 0.2) is 6.33 Å². The fourth-order valence-corrected chi connectivity index (χ4v) is 4.37. The standard InChI is InChI=1S/C17H22N4O3S/c1-11-12(2)25-16-14(11)15(18-10-19-16)21-5-8-24-13(9-21)17(22)20-3-6-23-7-4-20/h10,13H,3-9H2,1-2H3. The number of aromatic nitrogens is 2. The van der Waals surface area contributed by atoms with E-state index in [-0.39, 0.29) is 5.91 Å². The maximum atomic E-state index is 12.8. The van der Waals surface area contributed by atoms with Crippen LogP contribution in [0.1, 0.15) is 10.4 Å². The van der Waals surface area contributed by atoms with E-state index in [1.807, 2.05) is 4.90 Å². The molecule has 1 atom stereocenters. The zero-order valence-electron chi connectivity index (χ0n) is 14.5. The number of carbonyl (C=O) groups excluding carboxylic acids is 1. The number of anilines is 1. The third-order valence-corrected chi connectivity index (χ3v) is 6.02. The highest BCUT2D eigenvalue weighted by Crippen LogP contribution is 2.34. The Morgan fingerprint density at radius 3 is 2.80 bits per heavy atom. The van der Waals surface area contributed by atoms with E-state index in [0.717, 1.165) is 22.6 Å². The van der Waals surface area contributed by atoms with Crippen molar-refractivity contribution in [2.75, 3.05) is 50.9 Å². The van der Waals surface area contributed by atoms with Crippen molar-refractivity contribution in [1.29, 1.82) is 0 Å². The molecule has 134 valence electrons. The second-order valence-electron chi connectivity index (χ2n) is 6.40. The quantitative estimate of drug-likeness (QED) is 0.804. The number of aryl methyl sites for hydroxylation is 2. The SMILES string of the molecule is Cc1sc2ncnc(N3CCOC(C(=O)N4CCOCC4)C3)c2c1C. The van der Waals surface area contributed by atoms with Gasteiger partial charge >= 0.3 is 0 Å². The van der Waals surface area contributed by atoms with Gasteiger partial charge in [0.2, 0.25) is 0 Å². The molecule has 2 fully saturated rings. The molecule has 7 nitrogen and oxygen atoms in total. The van der Waals surface area contributed by atoms with E-state index >= 15 is 0 Å². The van der Waals surface area contributed by atoms with Crippen molar-refractivity contribution in [3.63, 3.8) is 0 Å². The number of ether oxygens (including phenoxy) is 2. The molecule has 4 rings (SSSR count). The molecule has 2 aliphatic rings. The van der Waals surface area contributed by atoms with Crippen molar-refractivity contribution in [3.8, 4) is 0 Å². The molecule has 0 bridgehead atoms. The summed E-state index contributed by atoms with van der Waals surface area (Å²) >= 11 is 1.69. The lowest BCUT2D eigenvalue weighted by Crippen LogP contribution is -2.53. The van der Waals surface area contributed by atoms with Crippen LogP contribution in [0, 0.1) is 13.8 Å². The highest BCUT2D eigenvalue weighted by molar-refractivity contribution is 7.18. The lowest BCUT2D eigenvalue weighted by Gasteiger charge is -2.36. The minimum atomic E-state index is -0.447. The highest BCUT2D eigenvalue weighted by Gasteiger charge is 2.32. The van der Waals surface area contributed by atoms with Gasteiger partial charge in [-0.1, -0.05) is 0 Å². The van der Waals surface area contributed by atoms with Crippen molar-refractivity contribution in [3.05, 3.63) is 16.8 Å². The molecule has 1 amide bonds. The van der Waals surface area contributed by atoms with Crippen molar-refractivity contribution in [2.24, 2.45) is 0 Å². The van der Waals surface area contributed by atoms with E-state index in [0.29, 0.717) is 39.5 Å². The van der Waals surface area contributed by atoms with E-state index in [2.05, 4.69) is 28.7 Å². The summed E-state index contributed by atoms with van der Waals surface area (Å²) in [6.07, 6.45) is 1.17. The van der Waals surface area contributed by atoms with Gasteiger partial charge in [0.25, 0.3) is 5.91 Å². The van der Waals surface area contributed by atoms with Gasteiger partial charge in [-0.3, -0.25) is 4.79 Å². The van der Waals surface area contributed by atoms with E-state index in [1.54, 1.807) is 17.7 Å². The summed E-state index contributed by atoms with van der Waals surface area (Å²) in [6.45, 7) is 8.47. The largest absolute Gasteiger partial charge is 0.378 e. The maximum absolute atomic E-state index is 12.8. The summed E-state index contributed by atoms with van der Waals surface area (Å²) in [6, 6.07) is 0. The topological polar surface area (TPSA) is 67.8 Å². The lowest BCUT2D eigenvalue weighted by atomic mass is 10.1. The molecule has 8 heteroatoms. The highest BCUT2D eigenvalue weighted by atomic mass is 32.1. The Kier molecular flexibility index (Phi) is 4.58. The minimum absolute atomic E-state index is 0.0523. The zero-order chi connectivity index (χ0) is 17.4. The number of nitrogens with zero attached hydrogens (tertiary/aromatic N) is 4. The van der Waals surface area contributed by atoms with Gasteiger partial charge in [-0.05, 0) is 19.4 Å². The van der Waals surface area contributed by atoms with Crippen LogP contribution in [0.5, 0.6) is 0 Å². The van der Waals surface area contributed by atoms with Gasteiger partial charge in [0.05, 0.1) is 31.8 Å². The normalized spacial score (nSPS) is 21.8. The summed E-state index contributed by atoms with van der Waals surface area (Å²) in [5.41, 5.74) is 1.22. The number of rotatable bonds is 2. The number of hydrogen-bond donors (Lipinski definition) is 0. The Morgan fingerprint density at radius 1 is 1.20 bits per heavy atom. The maximum Gasteiger partial charge on any atom is 0.253 e.